The molecule has 0 aliphatic rings. The van der Waals surface area contributed by atoms with E-state index in [2.05, 4.69) is 39.3 Å². The first-order valence-electron chi connectivity index (χ1n) is 5.75. The fraction of sp³-hybridized carbons (Fsp3) is 0.667. The Kier molecular flexibility index (Phi) is 6.40. The second-order valence-electron chi connectivity index (χ2n) is 5.32. The van der Waals surface area contributed by atoms with E-state index < -0.39 is 16.6 Å². The molecule has 1 nitrogen and oxygen atoms in total. The minimum atomic E-state index is -1.51. The molecule has 15 heavy (non-hydrogen) atoms. The summed E-state index contributed by atoms with van der Waals surface area (Å²) in [4.78, 5) is 0. The Morgan fingerprint density at radius 3 is 1.60 bits per heavy atom. The van der Waals surface area contributed by atoms with Crippen LogP contribution in [0.25, 0.3) is 0 Å². The Balaban J connectivity index is 4.38. The molecule has 88 valence electrons. The van der Waals surface area contributed by atoms with E-state index in [9.17, 15) is 0 Å². The SMILES string of the molecule is C=CCC[Si](C)(CCC=C)O[Si](C)(C)C. The van der Waals surface area contributed by atoms with Crippen LogP contribution in [0.2, 0.25) is 38.3 Å². The number of allylic oxidation sites excluding steroid dienone is 2. The van der Waals surface area contributed by atoms with Gasteiger partial charge in [0.2, 0.25) is 0 Å². The number of hydrogen-bond donors (Lipinski definition) is 0. The van der Waals surface area contributed by atoms with Crippen LogP contribution in [0.15, 0.2) is 25.3 Å². The Morgan fingerprint density at radius 1 is 0.933 bits per heavy atom. The molecule has 0 fully saturated rings. The molecule has 0 atom stereocenters. The maximum atomic E-state index is 6.41. The van der Waals surface area contributed by atoms with Gasteiger partial charge in [0.1, 0.15) is 0 Å². The Bertz CT molecular complexity index is 194. The smallest absolute Gasteiger partial charge is 0.177 e. The Labute approximate surface area is 97.5 Å². The lowest BCUT2D eigenvalue weighted by Gasteiger charge is -2.34. The molecular weight excluding hydrogens is 216 g/mol. The van der Waals surface area contributed by atoms with Gasteiger partial charge in [0.25, 0.3) is 0 Å². The van der Waals surface area contributed by atoms with Crippen molar-refractivity contribution in [2.75, 3.05) is 0 Å². The lowest BCUT2D eigenvalue weighted by molar-refractivity contribution is 0.536. The van der Waals surface area contributed by atoms with Crippen LogP contribution in [0.1, 0.15) is 12.8 Å². The minimum absolute atomic E-state index is 1.09. The van der Waals surface area contributed by atoms with Crippen LogP contribution in [-0.4, -0.2) is 16.6 Å². The summed E-state index contributed by atoms with van der Waals surface area (Å²) in [6.07, 6.45) is 6.19. The normalized spacial score (nSPS) is 12.5. The molecule has 0 heterocycles. The summed E-state index contributed by atoms with van der Waals surface area (Å²) >= 11 is 0. The highest BCUT2D eigenvalue weighted by molar-refractivity contribution is 6.84. The van der Waals surface area contributed by atoms with Gasteiger partial charge in [-0.1, -0.05) is 12.2 Å². The van der Waals surface area contributed by atoms with Crippen LogP contribution >= 0.6 is 0 Å². The topological polar surface area (TPSA) is 9.23 Å². The quantitative estimate of drug-likeness (QED) is 0.448. The van der Waals surface area contributed by atoms with Crippen LogP contribution in [0, 0.1) is 0 Å². The van der Waals surface area contributed by atoms with Crippen LogP contribution in [0.4, 0.5) is 0 Å². The standard InChI is InChI=1S/C12H26OSi2/c1-7-9-11-15(6,12-10-8-2)13-14(3,4)5/h7-8H,1-2,9-12H2,3-6H3. The fourth-order valence-electron chi connectivity index (χ4n) is 1.78. The van der Waals surface area contributed by atoms with Crippen molar-refractivity contribution >= 4 is 16.6 Å². The van der Waals surface area contributed by atoms with Gasteiger partial charge in [-0.05, 0) is 51.1 Å². The van der Waals surface area contributed by atoms with E-state index in [0.29, 0.717) is 0 Å². The molecule has 0 aromatic carbocycles. The molecule has 0 rings (SSSR count). The van der Waals surface area contributed by atoms with Crippen molar-refractivity contribution in [3.63, 3.8) is 0 Å². The highest BCUT2D eigenvalue weighted by Crippen LogP contribution is 2.25. The lowest BCUT2D eigenvalue weighted by atomic mass is 10.5. The monoisotopic (exact) mass is 242 g/mol. The molecule has 0 unspecified atom stereocenters. The molecule has 0 amide bonds. The number of rotatable bonds is 8. The van der Waals surface area contributed by atoms with Crippen LogP contribution < -0.4 is 0 Å². The van der Waals surface area contributed by atoms with Gasteiger partial charge >= 0.3 is 0 Å². The van der Waals surface area contributed by atoms with Gasteiger partial charge in [-0.15, -0.1) is 13.2 Å². The first kappa shape index (κ1) is 14.9. The van der Waals surface area contributed by atoms with E-state index in [4.69, 9.17) is 4.12 Å². The van der Waals surface area contributed by atoms with Gasteiger partial charge in [0, 0.05) is 0 Å². The molecule has 0 N–H and O–H groups in total. The van der Waals surface area contributed by atoms with E-state index in [1.165, 1.54) is 12.1 Å². The molecule has 0 aromatic rings. The fourth-order valence-corrected chi connectivity index (χ4v) is 10.4. The van der Waals surface area contributed by atoms with Gasteiger partial charge < -0.3 is 4.12 Å². The highest BCUT2D eigenvalue weighted by Gasteiger charge is 2.32. The zero-order chi connectivity index (χ0) is 11.9. The third-order valence-corrected chi connectivity index (χ3v) is 9.42. The molecular formula is C12H26OSi2. The van der Waals surface area contributed by atoms with E-state index in [0.717, 1.165) is 12.8 Å². The largest absolute Gasteiger partial charge is 0.455 e. The van der Waals surface area contributed by atoms with E-state index >= 15 is 0 Å². The van der Waals surface area contributed by atoms with E-state index in [-0.39, 0.29) is 0 Å². The Hall–Kier alpha value is -0.126. The van der Waals surface area contributed by atoms with Crippen LogP contribution in [0.5, 0.6) is 0 Å². The zero-order valence-electron chi connectivity index (χ0n) is 10.8. The third kappa shape index (κ3) is 7.76. The predicted octanol–water partition coefficient (Wildman–Crippen LogP) is 4.57. The predicted molar refractivity (Wildman–Crippen MR) is 75.3 cm³/mol. The molecule has 0 saturated heterocycles. The van der Waals surface area contributed by atoms with E-state index in [1.54, 1.807) is 0 Å². The summed E-state index contributed by atoms with van der Waals surface area (Å²) < 4.78 is 6.41. The van der Waals surface area contributed by atoms with E-state index in [1.807, 2.05) is 12.2 Å². The summed E-state index contributed by atoms with van der Waals surface area (Å²) in [5, 5.41) is 0. The second kappa shape index (κ2) is 6.45. The van der Waals surface area contributed by atoms with Gasteiger partial charge in [-0.2, -0.15) is 0 Å². The van der Waals surface area contributed by atoms with Crippen molar-refractivity contribution in [2.24, 2.45) is 0 Å². The summed E-state index contributed by atoms with van der Waals surface area (Å²) in [5.41, 5.74) is 0. The molecule has 0 aliphatic carbocycles. The average molecular weight is 243 g/mol. The summed E-state index contributed by atoms with van der Waals surface area (Å²) in [5.74, 6) is 0. The first-order chi connectivity index (χ1) is 6.83. The van der Waals surface area contributed by atoms with Crippen molar-refractivity contribution in [3.05, 3.63) is 25.3 Å². The zero-order valence-corrected chi connectivity index (χ0v) is 12.8. The molecule has 0 bridgehead atoms. The van der Waals surface area contributed by atoms with Gasteiger partial charge in [0.15, 0.2) is 16.6 Å². The van der Waals surface area contributed by atoms with Crippen LogP contribution in [0.3, 0.4) is 0 Å². The van der Waals surface area contributed by atoms with Gasteiger partial charge in [-0.25, -0.2) is 0 Å². The molecule has 0 aromatic heterocycles. The number of hydrogen-bond acceptors (Lipinski definition) is 1. The van der Waals surface area contributed by atoms with Crippen LogP contribution in [-0.2, 0) is 4.12 Å². The lowest BCUT2D eigenvalue weighted by Crippen LogP contribution is -2.44. The van der Waals surface area contributed by atoms with Crippen molar-refractivity contribution in [1.82, 2.24) is 0 Å². The third-order valence-electron chi connectivity index (χ3n) is 2.31. The average Bonchev–Trinajstić information content (AvgIpc) is 2.09. The highest BCUT2D eigenvalue weighted by atomic mass is 28.4. The summed E-state index contributed by atoms with van der Waals surface area (Å²) in [6, 6.07) is 2.41. The molecule has 0 radical (unpaired) electrons. The van der Waals surface area contributed by atoms with Gasteiger partial charge in [-0.3, -0.25) is 0 Å². The van der Waals surface area contributed by atoms with Gasteiger partial charge in [0.05, 0.1) is 0 Å². The maximum absolute atomic E-state index is 6.41. The molecule has 0 aliphatic heterocycles. The second-order valence-corrected chi connectivity index (χ2v) is 14.3. The van der Waals surface area contributed by atoms with Crippen molar-refractivity contribution in [2.45, 2.75) is 51.1 Å². The molecule has 0 saturated carbocycles. The van der Waals surface area contributed by atoms with Crippen molar-refractivity contribution < 1.29 is 4.12 Å². The summed E-state index contributed by atoms with van der Waals surface area (Å²) in [7, 11) is -2.91. The molecule has 0 spiro atoms. The minimum Gasteiger partial charge on any atom is -0.455 e. The van der Waals surface area contributed by atoms with Crippen molar-refractivity contribution in [1.29, 1.82) is 0 Å². The molecule has 3 heteroatoms. The maximum Gasteiger partial charge on any atom is 0.177 e. The van der Waals surface area contributed by atoms with Crippen molar-refractivity contribution in [3.8, 4) is 0 Å². The summed E-state index contributed by atoms with van der Waals surface area (Å²) in [6.45, 7) is 16.8. The first-order valence-corrected chi connectivity index (χ1v) is 12.0. The Morgan fingerprint density at radius 2 is 1.33 bits per heavy atom.